The second-order valence-corrected chi connectivity index (χ2v) is 10.4. The quantitative estimate of drug-likeness (QED) is 0.609. The molecule has 1 aromatic rings. The molecule has 2 aliphatic heterocycles. The molecule has 5 nitrogen and oxygen atoms in total. The molecule has 1 aliphatic carbocycles. The normalized spacial score (nSPS) is 22.5. The molecule has 180 valence electrons. The highest BCUT2D eigenvalue weighted by Gasteiger charge is 2.31. The Balaban J connectivity index is 0.00000289. The highest BCUT2D eigenvalue weighted by Crippen LogP contribution is 2.45. The van der Waals surface area contributed by atoms with Gasteiger partial charge in [-0.1, -0.05) is 20.8 Å². The van der Waals surface area contributed by atoms with Gasteiger partial charge in [-0.3, -0.25) is 9.69 Å². The number of halogens is 1. The lowest BCUT2D eigenvalue weighted by Crippen LogP contribution is -2.48. The summed E-state index contributed by atoms with van der Waals surface area (Å²) in [7, 11) is 0. The first kappa shape index (κ1) is 25.3. The SMILES string of the molecule is CCC(=O)CN1CCN(c2ccc(N3CCOCC3)cc2C2CCC(C)(C)CC2)CC1.Cl. The summed E-state index contributed by atoms with van der Waals surface area (Å²) >= 11 is 0. The van der Waals surface area contributed by atoms with Crippen LogP contribution in [0.25, 0.3) is 0 Å². The molecule has 6 heteroatoms. The Bertz CT molecular complexity index is 745. The van der Waals surface area contributed by atoms with E-state index in [0.717, 1.165) is 52.5 Å². The summed E-state index contributed by atoms with van der Waals surface area (Å²) in [6.45, 7) is 15.0. The second-order valence-electron chi connectivity index (χ2n) is 10.4. The zero-order valence-corrected chi connectivity index (χ0v) is 21.1. The molecule has 3 fully saturated rings. The van der Waals surface area contributed by atoms with Crippen LogP contribution < -0.4 is 9.80 Å². The molecule has 2 heterocycles. The van der Waals surface area contributed by atoms with Crippen LogP contribution in [-0.2, 0) is 9.53 Å². The number of ether oxygens (including phenoxy) is 1. The topological polar surface area (TPSA) is 36.0 Å². The first-order chi connectivity index (χ1) is 14.9. The number of piperazine rings is 1. The van der Waals surface area contributed by atoms with Crippen molar-refractivity contribution in [2.75, 3.05) is 68.8 Å². The minimum atomic E-state index is 0. The van der Waals surface area contributed by atoms with Gasteiger partial charge in [-0.25, -0.2) is 0 Å². The lowest BCUT2D eigenvalue weighted by atomic mass is 9.71. The van der Waals surface area contributed by atoms with Crippen LogP contribution in [0.1, 0.15) is 64.4 Å². The number of hydrogen-bond acceptors (Lipinski definition) is 5. The molecule has 0 bridgehead atoms. The summed E-state index contributed by atoms with van der Waals surface area (Å²) in [5, 5.41) is 0. The summed E-state index contributed by atoms with van der Waals surface area (Å²) in [5.41, 5.74) is 4.83. The molecule has 0 radical (unpaired) electrons. The molecule has 1 saturated carbocycles. The smallest absolute Gasteiger partial charge is 0.146 e. The van der Waals surface area contributed by atoms with E-state index in [-0.39, 0.29) is 12.4 Å². The summed E-state index contributed by atoms with van der Waals surface area (Å²) < 4.78 is 5.58. The molecule has 3 aliphatic rings. The standard InChI is InChI=1S/C26H41N3O2.ClH/c1-4-23(30)20-27-11-13-29(14-12-27)25-6-5-22(28-15-17-31-18-16-28)19-24(25)21-7-9-26(2,3)10-8-21;/h5-6,19,21H,4,7-18,20H2,1-3H3;1H. The van der Waals surface area contributed by atoms with Gasteiger partial charge in [-0.15, -0.1) is 12.4 Å². The van der Waals surface area contributed by atoms with Crippen molar-refractivity contribution >= 4 is 29.6 Å². The van der Waals surface area contributed by atoms with E-state index in [9.17, 15) is 4.79 Å². The van der Waals surface area contributed by atoms with Gasteiger partial charge >= 0.3 is 0 Å². The number of carbonyl (C=O) groups is 1. The van der Waals surface area contributed by atoms with Crippen LogP contribution in [0.2, 0.25) is 0 Å². The Morgan fingerprint density at radius 3 is 2.28 bits per heavy atom. The van der Waals surface area contributed by atoms with Crippen LogP contribution in [0.3, 0.4) is 0 Å². The van der Waals surface area contributed by atoms with Crippen molar-refractivity contribution in [1.29, 1.82) is 0 Å². The number of carbonyl (C=O) groups excluding carboxylic acids is 1. The lowest BCUT2D eigenvalue weighted by Gasteiger charge is -2.40. The fraction of sp³-hybridized carbons (Fsp3) is 0.731. The van der Waals surface area contributed by atoms with E-state index in [1.54, 1.807) is 5.56 Å². The van der Waals surface area contributed by atoms with Crippen molar-refractivity contribution in [3.05, 3.63) is 23.8 Å². The number of Topliss-reactive ketones (excluding diaryl/α,β-unsaturated/α-hetero) is 1. The summed E-state index contributed by atoms with van der Waals surface area (Å²) in [6, 6.07) is 7.20. The minimum Gasteiger partial charge on any atom is -0.378 e. The fourth-order valence-electron chi connectivity index (χ4n) is 5.39. The predicted octanol–water partition coefficient (Wildman–Crippen LogP) is 4.73. The summed E-state index contributed by atoms with van der Waals surface area (Å²) in [5.74, 6) is 1.01. The van der Waals surface area contributed by atoms with Crippen LogP contribution in [0.5, 0.6) is 0 Å². The van der Waals surface area contributed by atoms with Gasteiger partial charge in [0.05, 0.1) is 19.8 Å². The number of benzene rings is 1. The molecule has 2 saturated heterocycles. The summed E-state index contributed by atoms with van der Waals surface area (Å²) in [4.78, 5) is 19.2. The maximum atomic E-state index is 11.9. The van der Waals surface area contributed by atoms with Crippen molar-refractivity contribution in [2.45, 2.75) is 58.8 Å². The fourth-order valence-corrected chi connectivity index (χ4v) is 5.39. The molecule has 0 atom stereocenters. The van der Waals surface area contributed by atoms with Gasteiger partial charge in [-0.05, 0) is 60.8 Å². The first-order valence-electron chi connectivity index (χ1n) is 12.4. The van der Waals surface area contributed by atoms with E-state index in [0.29, 0.717) is 30.1 Å². The van der Waals surface area contributed by atoms with Crippen LogP contribution in [0.4, 0.5) is 11.4 Å². The molecule has 4 rings (SSSR count). The van der Waals surface area contributed by atoms with Gasteiger partial charge in [0, 0.05) is 57.1 Å². The molecule has 1 aromatic carbocycles. The van der Waals surface area contributed by atoms with Crippen molar-refractivity contribution in [1.82, 2.24) is 4.90 Å². The maximum Gasteiger partial charge on any atom is 0.146 e. The molecular weight excluding hydrogens is 422 g/mol. The Morgan fingerprint density at radius 1 is 1.00 bits per heavy atom. The third-order valence-electron chi connectivity index (χ3n) is 7.67. The molecular formula is C26H42ClN3O2. The molecule has 0 unspecified atom stereocenters. The van der Waals surface area contributed by atoms with Gasteiger partial charge in [0.1, 0.15) is 5.78 Å². The Morgan fingerprint density at radius 2 is 1.66 bits per heavy atom. The van der Waals surface area contributed by atoms with Crippen LogP contribution in [-0.4, -0.2) is 69.7 Å². The van der Waals surface area contributed by atoms with Crippen LogP contribution >= 0.6 is 12.4 Å². The number of morpholine rings is 1. The molecule has 0 N–H and O–H groups in total. The molecule has 0 aromatic heterocycles. The number of anilines is 2. The van der Waals surface area contributed by atoms with Gasteiger partial charge < -0.3 is 14.5 Å². The second kappa shape index (κ2) is 11.2. The van der Waals surface area contributed by atoms with Crippen molar-refractivity contribution < 1.29 is 9.53 Å². The van der Waals surface area contributed by atoms with Gasteiger partial charge in [-0.2, -0.15) is 0 Å². The minimum absolute atomic E-state index is 0. The highest BCUT2D eigenvalue weighted by atomic mass is 35.5. The van der Waals surface area contributed by atoms with Gasteiger partial charge in [0.2, 0.25) is 0 Å². The maximum absolute atomic E-state index is 11.9. The van der Waals surface area contributed by atoms with E-state index in [1.165, 1.54) is 37.1 Å². The number of hydrogen-bond donors (Lipinski definition) is 0. The molecule has 0 amide bonds. The predicted molar refractivity (Wildman–Crippen MR) is 136 cm³/mol. The number of rotatable bonds is 6. The van der Waals surface area contributed by atoms with Crippen molar-refractivity contribution in [3.63, 3.8) is 0 Å². The van der Waals surface area contributed by atoms with Crippen molar-refractivity contribution in [3.8, 4) is 0 Å². The van der Waals surface area contributed by atoms with Gasteiger partial charge in [0.25, 0.3) is 0 Å². The van der Waals surface area contributed by atoms with Crippen molar-refractivity contribution in [2.24, 2.45) is 5.41 Å². The average Bonchev–Trinajstić information content (AvgIpc) is 2.80. The monoisotopic (exact) mass is 463 g/mol. The number of ketones is 1. The highest BCUT2D eigenvalue weighted by molar-refractivity contribution is 5.85. The van der Waals surface area contributed by atoms with Gasteiger partial charge in [0.15, 0.2) is 0 Å². The first-order valence-corrected chi connectivity index (χ1v) is 12.4. The Labute approximate surface area is 200 Å². The molecule has 32 heavy (non-hydrogen) atoms. The van der Waals surface area contributed by atoms with E-state index in [2.05, 4.69) is 46.7 Å². The number of nitrogens with zero attached hydrogens (tertiary/aromatic N) is 3. The average molecular weight is 464 g/mol. The Hall–Kier alpha value is -1.30. The third kappa shape index (κ3) is 6.18. The van der Waals surface area contributed by atoms with E-state index in [4.69, 9.17) is 4.74 Å². The Kier molecular flexibility index (Phi) is 8.88. The third-order valence-corrected chi connectivity index (χ3v) is 7.67. The largest absolute Gasteiger partial charge is 0.378 e. The van der Waals surface area contributed by atoms with Crippen LogP contribution in [0.15, 0.2) is 18.2 Å². The zero-order chi connectivity index (χ0) is 21.8. The van der Waals surface area contributed by atoms with E-state index in [1.807, 2.05) is 6.92 Å². The molecule has 0 spiro atoms. The zero-order valence-electron chi connectivity index (χ0n) is 20.3. The summed E-state index contributed by atoms with van der Waals surface area (Å²) in [6.07, 6.45) is 5.85. The lowest BCUT2D eigenvalue weighted by molar-refractivity contribution is -0.119. The van der Waals surface area contributed by atoms with Crippen LogP contribution in [0, 0.1) is 5.41 Å². The van der Waals surface area contributed by atoms with E-state index >= 15 is 0 Å². The van der Waals surface area contributed by atoms with E-state index < -0.39 is 0 Å².